The Hall–Kier alpha value is -0.900. The van der Waals surface area contributed by atoms with E-state index in [4.69, 9.17) is 11.6 Å². The zero-order valence-electron chi connectivity index (χ0n) is 8.27. The summed E-state index contributed by atoms with van der Waals surface area (Å²) in [7, 11) is 0. The number of benzene rings is 1. The molecule has 1 atom stereocenters. The molecule has 0 fully saturated rings. The Morgan fingerprint density at radius 2 is 2.06 bits per heavy atom. The largest absolute Gasteiger partial charge is 0.382 e. The SMILES string of the molecule is OC(c1cccc(Cl)c1)c1ccc(Br)cn1. The molecule has 2 nitrogen and oxygen atoms in total. The van der Waals surface area contributed by atoms with Crippen LogP contribution >= 0.6 is 27.5 Å². The molecule has 1 heterocycles. The molecule has 0 aliphatic rings. The van der Waals surface area contributed by atoms with Gasteiger partial charge in [-0.2, -0.15) is 0 Å². The van der Waals surface area contributed by atoms with Crippen LogP contribution in [0.2, 0.25) is 5.02 Å². The monoisotopic (exact) mass is 297 g/mol. The minimum Gasteiger partial charge on any atom is -0.382 e. The van der Waals surface area contributed by atoms with E-state index in [1.54, 1.807) is 30.5 Å². The van der Waals surface area contributed by atoms with Crippen LogP contribution in [0.25, 0.3) is 0 Å². The van der Waals surface area contributed by atoms with E-state index in [-0.39, 0.29) is 0 Å². The number of aromatic nitrogens is 1. The van der Waals surface area contributed by atoms with Crippen LogP contribution in [0.4, 0.5) is 0 Å². The molecule has 16 heavy (non-hydrogen) atoms. The van der Waals surface area contributed by atoms with Gasteiger partial charge in [0.1, 0.15) is 6.10 Å². The number of hydrogen-bond donors (Lipinski definition) is 1. The smallest absolute Gasteiger partial charge is 0.121 e. The van der Waals surface area contributed by atoms with Crippen LogP contribution in [0.3, 0.4) is 0 Å². The topological polar surface area (TPSA) is 33.1 Å². The Morgan fingerprint density at radius 1 is 1.25 bits per heavy atom. The summed E-state index contributed by atoms with van der Waals surface area (Å²) in [6, 6.07) is 10.7. The molecule has 1 aromatic heterocycles. The summed E-state index contributed by atoms with van der Waals surface area (Å²) in [5, 5.41) is 10.7. The molecule has 82 valence electrons. The van der Waals surface area contributed by atoms with Gasteiger partial charge in [0.2, 0.25) is 0 Å². The molecular weight excluding hydrogens is 289 g/mol. The summed E-state index contributed by atoms with van der Waals surface area (Å²) in [6.45, 7) is 0. The molecule has 0 aliphatic heterocycles. The summed E-state index contributed by atoms with van der Waals surface area (Å²) >= 11 is 9.16. The van der Waals surface area contributed by atoms with Crippen LogP contribution in [0.1, 0.15) is 17.4 Å². The summed E-state index contributed by atoms with van der Waals surface area (Å²) in [6.07, 6.45) is 0.912. The summed E-state index contributed by atoms with van der Waals surface area (Å²) in [5.41, 5.74) is 1.34. The average molecular weight is 299 g/mol. The maximum absolute atomic E-state index is 10.1. The highest BCUT2D eigenvalue weighted by atomic mass is 79.9. The lowest BCUT2D eigenvalue weighted by molar-refractivity contribution is 0.215. The number of nitrogens with zero attached hydrogens (tertiary/aromatic N) is 1. The second kappa shape index (κ2) is 4.95. The molecular formula is C12H9BrClNO. The van der Waals surface area contributed by atoms with Crippen LogP contribution in [0.5, 0.6) is 0 Å². The number of pyridine rings is 1. The van der Waals surface area contributed by atoms with Gasteiger partial charge in [-0.05, 0) is 45.8 Å². The minimum absolute atomic E-state index is 0.602. The van der Waals surface area contributed by atoms with Crippen molar-refractivity contribution in [2.45, 2.75) is 6.10 Å². The second-order valence-electron chi connectivity index (χ2n) is 3.36. The number of halogens is 2. The summed E-state index contributed by atoms with van der Waals surface area (Å²) in [5.74, 6) is 0. The third-order valence-electron chi connectivity index (χ3n) is 2.19. The molecule has 0 radical (unpaired) electrons. The molecule has 0 saturated carbocycles. The van der Waals surface area contributed by atoms with Crippen molar-refractivity contribution in [2.24, 2.45) is 0 Å². The predicted octanol–water partition coefficient (Wildman–Crippen LogP) is 3.58. The van der Waals surface area contributed by atoms with Gasteiger partial charge >= 0.3 is 0 Å². The third kappa shape index (κ3) is 2.61. The van der Waals surface area contributed by atoms with E-state index in [2.05, 4.69) is 20.9 Å². The fourth-order valence-electron chi connectivity index (χ4n) is 1.40. The molecule has 2 rings (SSSR count). The van der Waals surface area contributed by atoms with Crippen LogP contribution in [-0.4, -0.2) is 10.1 Å². The van der Waals surface area contributed by atoms with E-state index < -0.39 is 6.10 Å². The lowest BCUT2D eigenvalue weighted by Gasteiger charge is -2.10. The molecule has 1 unspecified atom stereocenters. The van der Waals surface area contributed by atoms with Crippen molar-refractivity contribution in [3.05, 3.63) is 63.3 Å². The van der Waals surface area contributed by atoms with Gasteiger partial charge in [0.25, 0.3) is 0 Å². The number of aliphatic hydroxyl groups is 1. The first kappa shape index (κ1) is 11.6. The fourth-order valence-corrected chi connectivity index (χ4v) is 1.83. The van der Waals surface area contributed by atoms with Gasteiger partial charge in [0.05, 0.1) is 5.69 Å². The lowest BCUT2D eigenvalue weighted by Crippen LogP contribution is -2.01. The van der Waals surface area contributed by atoms with Gasteiger partial charge in [-0.15, -0.1) is 0 Å². The molecule has 0 spiro atoms. The normalized spacial score (nSPS) is 12.4. The lowest BCUT2D eigenvalue weighted by atomic mass is 10.1. The first-order valence-corrected chi connectivity index (χ1v) is 5.89. The zero-order valence-corrected chi connectivity index (χ0v) is 10.6. The fraction of sp³-hybridized carbons (Fsp3) is 0.0833. The van der Waals surface area contributed by atoms with Crippen molar-refractivity contribution in [1.29, 1.82) is 0 Å². The van der Waals surface area contributed by atoms with E-state index in [1.807, 2.05) is 12.1 Å². The van der Waals surface area contributed by atoms with Gasteiger partial charge in [-0.25, -0.2) is 0 Å². The third-order valence-corrected chi connectivity index (χ3v) is 2.90. The minimum atomic E-state index is -0.744. The van der Waals surface area contributed by atoms with E-state index in [1.165, 1.54) is 0 Å². The van der Waals surface area contributed by atoms with Gasteiger partial charge < -0.3 is 5.11 Å². The summed E-state index contributed by atoms with van der Waals surface area (Å²) in [4.78, 5) is 4.14. The second-order valence-corrected chi connectivity index (χ2v) is 4.71. The highest BCUT2D eigenvalue weighted by Gasteiger charge is 2.11. The van der Waals surface area contributed by atoms with Crippen LogP contribution in [-0.2, 0) is 0 Å². The van der Waals surface area contributed by atoms with E-state index in [0.29, 0.717) is 10.7 Å². The zero-order chi connectivity index (χ0) is 11.5. The Balaban J connectivity index is 2.31. The maximum atomic E-state index is 10.1. The highest BCUT2D eigenvalue weighted by Crippen LogP contribution is 2.23. The number of aliphatic hydroxyl groups excluding tert-OH is 1. The number of rotatable bonds is 2. The van der Waals surface area contributed by atoms with Gasteiger partial charge in [-0.1, -0.05) is 23.7 Å². The van der Waals surface area contributed by atoms with Crippen LogP contribution in [0, 0.1) is 0 Å². The van der Waals surface area contributed by atoms with Crippen molar-refractivity contribution >= 4 is 27.5 Å². The van der Waals surface area contributed by atoms with Gasteiger partial charge in [0, 0.05) is 15.7 Å². The van der Waals surface area contributed by atoms with Gasteiger partial charge in [-0.3, -0.25) is 4.98 Å². The Morgan fingerprint density at radius 3 is 2.69 bits per heavy atom. The van der Waals surface area contributed by atoms with Crippen molar-refractivity contribution in [3.63, 3.8) is 0 Å². The van der Waals surface area contributed by atoms with Crippen molar-refractivity contribution < 1.29 is 5.11 Å². The molecule has 1 aromatic carbocycles. The summed E-state index contributed by atoms with van der Waals surface area (Å²) < 4.78 is 0.884. The Bertz CT molecular complexity index is 487. The molecule has 4 heteroatoms. The standard InChI is InChI=1S/C12H9BrClNO/c13-9-4-5-11(15-7-9)12(16)8-2-1-3-10(14)6-8/h1-7,12,16H. The van der Waals surface area contributed by atoms with E-state index >= 15 is 0 Å². The van der Waals surface area contributed by atoms with Crippen LogP contribution < -0.4 is 0 Å². The first-order valence-electron chi connectivity index (χ1n) is 4.72. The Kier molecular flexibility index (Phi) is 3.59. The molecule has 0 bridgehead atoms. The molecule has 2 aromatic rings. The van der Waals surface area contributed by atoms with E-state index in [0.717, 1.165) is 10.0 Å². The van der Waals surface area contributed by atoms with Crippen molar-refractivity contribution in [3.8, 4) is 0 Å². The van der Waals surface area contributed by atoms with Crippen LogP contribution in [0.15, 0.2) is 47.1 Å². The van der Waals surface area contributed by atoms with Crippen molar-refractivity contribution in [1.82, 2.24) is 4.98 Å². The van der Waals surface area contributed by atoms with E-state index in [9.17, 15) is 5.11 Å². The molecule has 0 aliphatic carbocycles. The Labute approximate surface area is 107 Å². The quantitative estimate of drug-likeness (QED) is 0.919. The molecule has 0 amide bonds. The highest BCUT2D eigenvalue weighted by molar-refractivity contribution is 9.10. The first-order chi connectivity index (χ1) is 7.66. The molecule has 0 saturated heterocycles. The number of hydrogen-bond acceptors (Lipinski definition) is 2. The average Bonchev–Trinajstić information content (AvgIpc) is 2.29. The van der Waals surface area contributed by atoms with Gasteiger partial charge in [0.15, 0.2) is 0 Å². The maximum Gasteiger partial charge on any atom is 0.121 e. The molecule has 1 N–H and O–H groups in total. The predicted molar refractivity (Wildman–Crippen MR) is 67.5 cm³/mol. The van der Waals surface area contributed by atoms with Crippen molar-refractivity contribution in [2.75, 3.05) is 0 Å².